The predicted octanol–water partition coefficient (Wildman–Crippen LogP) is 1.66. The van der Waals surface area contributed by atoms with Crippen LogP contribution in [0, 0.1) is 6.92 Å². The lowest BCUT2D eigenvalue weighted by Crippen LogP contribution is -2.16. The average molecular weight is 270 g/mol. The molecular weight excluding hydrogens is 250 g/mol. The minimum absolute atomic E-state index is 0. The molecule has 0 aromatic carbocycles. The topological polar surface area (TPSA) is 47.7 Å². The van der Waals surface area contributed by atoms with Gasteiger partial charge in [0.15, 0.2) is 0 Å². The summed E-state index contributed by atoms with van der Waals surface area (Å²) in [6.45, 7) is 6.69. The van der Waals surface area contributed by atoms with Crippen molar-refractivity contribution in [2.75, 3.05) is 0 Å². The van der Waals surface area contributed by atoms with Gasteiger partial charge >= 0.3 is 0 Å². The van der Waals surface area contributed by atoms with E-state index in [1.54, 1.807) is 0 Å². The SMILES string of the molecule is CCn1ccc(CNCc2c(C)cnn2C)n1.Cl. The summed E-state index contributed by atoms with van der Waals surface area (Å²) in [7, 11) is 1.97. The molecule has 0 fully saturated rings. The Morgan fingerprint density at radius 2 is 2.11 bits per heavy atom. The summed E-state index contributed by atoms with van der Waals surface area (Å²) in [4.78, 5) is 0. The van der Waals surface area contributed by atoms with E-state index in [1.807, 2.05) is 34.9 Å². The van der Waals surface area contributed by atoms with Crippen LogP contribution in [0.15, 0.2) is 18.5 Å². The van der Waals surface area contributed by atoms with Crippen LogP contribution in [-0.4, -0.2) is 19.6 Å². The van der Waals surface area contributed by atoms with Crippen molar-refractivity contribution in [2.24, 2.45) is 7.05 Å². The monoisotopic (exact) mass is 269 g/mol. The van der Waals surface area contributed by atoms with Crippen molar-refractivity contribution in [3.05, 3.63) is 35.4 Å². The van der Waals surface area contributed by atoms with Crippen molar-refractivity contribution in [3.63, 3.8) is 0 Å². The van der Waals surface area contributed by atoms with E-state index in [0.29, 0.717) is 0 Å². The van der Waals surface area contributed by atoms with Crippen molar-refractivity contribution in [3.8, 4) is 0 Å². The third-order valence-corrected chi connectivity index (χ3v) is 2.89. The second kappa shape index (κ2) is 6.56. The molecule has 6 heteroatoms. The van der Waals surface area contributed by atoms with E-state index in [-0.39, 0.29) is 12.4 Å². The Morgan fingerprint density at radius 3 is 2.67 bits per heavy atom. The zero-order valence-corrected chi connectivity index (χ0v) is 11.9. The molecule has 0 aliphatic rings. The van der Waals surface area contributed by atoms with Gasteiger partial charge < -0.3 is 5.32 Å². The summed E-state index contributed by atoms with van der Waals surface area (Å²) >= 11 is 0. The van der Waals surface area contributed by atoms with Gasteiger partial charge in [-0.1, -0.05) is 0 Å². The van der Waals surface area contributed by atoms with E-state index in [0.717, 1.165) is 25.3 Å². The minimum Gasteiger partial charge on any atom is -0.305 e. The molecule has 18 heavy (non-hydrogen) atoms. The summed E-state index contributed by atoms with van der Waals surface area (Å²) in [5, 5.41) is 12.0. The first-order valence-corrected chi connectivity index (χ1v) is 5.91. The van der Waals surface area contributed by atoms with E-state index in [4.69, 9.17) is 0 Å². The first-order chi connectivity index (χ1) is 8.20. The van der Waals surface area contributed by atoms with Crippen LogP contribution in [0.25, 0.3) is 0 Å². The Balaban J connectivity index is 0.00000162. The zero-order chi connectivity index (χ0) is 12.3. The second-order valence-corrected chi connectivity index (χ2v) is 4.16. The highest BCUT2D eigenvalue weighted by molar-refractivity contribution is 5.85. The maximum atomic E-state index is 4.42. The lowest BCUT2D eigenvalue weighted by Gasteiger charge is -2.05. The molecule has 0 spiro atoms. The van der Waals surface area contributed by atoms with Gasteiger partial charge in [0.25, 0.3) is 0 Å². The van der Waals surface area contributed by atoms with Crippen molar-refractivity contribution in [2.45, 2.75) is 33.5 Å². The molecule has 0 amide bonds. The number of aromatic nitrogens is 4. The molecule has 0 saturated carbocycles. The molecule has 0 atom stereocenters. The van der Waals surface area contributed by atoms with Crippen molar-refractivity contribution in [1.29, 1.82) is 0 Å². The van der Waals surface area contributed by atoms with Gasteiger partial charge in [-0.15, -0.1) is 12.4 Å². The summed E-state index contributed by atoms with van der Waals surface area (Å²) in [5.74, 6) is 0. The smallest absolute Gasteiger partial charge is 0.0762 e. The normalized spacial score (nSPS) is 10.4. The molecule has 0 aliphatic carbocycles. The lowest BCUT2D eigenvalue weighted by molar-refractivity contribution is 0.597. The average Bonchev–Trinajstić information content (AvgIpc) is 2.90. The highest BCUT2D eigenvalue weighted by atomic mass is 35.5. The number of hydrogen-bond acceptors (Lipinski definition) is 3. The van der Waals surface area contributed by atoms with Crippen LogP contribution in [0.3, 0.4) is 0 Å². The van der Waals surface area contributed by atoms with Crippen LogP contribution < -0.4 is 5.32 Å². The molecule has 1 N–H and O–H groups in total. The van der Waals surface area contributed by atoms with Crippen LogP contribution in [0.4, 0.5) is 0 Å². The van der Waals surface area contributed by atoms with Crippen LogP contribution in [0.2, 0.25) is 0 Å². The quantitative estimate of drug-likeness (QED) is 0.898. The van der Waals surface area contributed by atoms with Gasteiger partial charge in [-0.25, -0.2) is 0 Å². The number of hydrogen-bond donors (Lipinski definition) is 1. The fraction of sp³-hybridized carbons (Fsp3) is 0.500. The highest BCUT2D eigenvalue weighted by Crippen LogP contribution is 2.05. The molecule has 100 valence electrons. The lowest BCUT2D eigenvalue weighted by atomic mass is 10.2. The molecular formula is C12H20ClN5. The fourth-order valence-corrected chi connectivity index (χ4v) is 1.81. The standard InChI is InChI=1S/C12H19N5.ClH/c1-4-17-6-5-11(15-17)8-13-9-12-10(2)7-14-16(12)3;/h5-7,13H,4,8-9H2,1-3H3;1H. The molecule has 0 radical (unpaired) electrons. The Morgan fingerprint density at radius 1 is 1.33 bits per heavy atom. The van der Waals surface area contributed by atoms with Crippen molar-refractivity contribution < 1.29 is 0 Å². The van der Waals surface area contributed by atoms with Gasteiger partial charge in [0.2, 0.25) is 0 Å². The van der Waals surface area contributed by atoms with E-state index in [2.05, 4.69) is 29.4 Å². The van der Waals surface area contributed by atoms with Gasteiger partial charge in [0, 0.05) is 32.9 Å². The van der Waals surface area contributed by atoms with Gasteiger partial charge in [-0.05, 0) is 25.5 Å². The molecule has 2 aromatic heterocycles. The molecule has 2 aromatic rings. The third-order valence-electron chi connectivity index (χ3n) is 2.89. The minimum atomic E-state index is 0. The second-order valence-electron chi connectivity index (χ2n) is 4.16. The van der Waals surface area contributed by atoms with E-state index < -0.39 is 0 Å². The summed E-state index contributed by atoms with van der Waals surface area (Å²) in [6, 6.07) is 2.05. The summed E-state index contributed by atoms with van der Waals surface area (Å²) < 4.78 is 3.85. The maximum Gasteiger partial charge on any atom is 0.0762 e. The Bertz CT molecular complexity index is 469. The number of rotatable bonds is 5. The van der Waals surface area contributed by atoms with Crippen LogP contribution in [0.5, 0.6) is 0 Å². The van der Waals surface area contributed by atoms with Gasteiger partial charge in [0.05, 0.1) is 17.6 Å². The number of halogens is 1. The number of nitrogens with one attached hydrogen (secondary N) is 1. The van der Waals surface area contributed by atoms with E-state index in [1.165, 1.54) is 11.3 Å². The summed E-state index contributed by atoms with van der Waals surface area (Å²) in [6.07, 6.45) is 3.90. The zero-order valence-electron chi connectivity index (χ0n) is 11.1. The molecule has 0 saturated heterocycles. The van der Waals surface area contributed by atoms with Crippen molar-refractivity contribution >= 4 is 12.4 Å². The molecule has 2 rings (SSSR count). The van der Waals surface area contributed by atoms with Crippen LogP contribution >= 0.6 is 12.4 Å². The molecule has 0 bridgehead atoms. The van der Waals surface area contributed by atoms with E-state index in [9.17, 15) is 0 Å². The molecule has 0 aliphatic heterocycles. The maximum absolute atomic E-state index is 4.42. The highest BCUT2D eigenvalue weighted by Gasteiger charge is 2.04. The van der Waals surface area contributed by atoms with Gasteiger partial charge in [-0.2, -0.15) is 10.2 Å². The Hall–Kier alpha value is -1.33. The predicted molar refractivity (Wildman–Crippen MR) is 73.6 cm³/mol. The molecule has 5 nitrogen and oxygen atoms in total. The fourth-order valence-electron chi connectivity index (χ4n) is 1.81. The van der Waals surface area contributed by atoms with E-state index >= 15 is 0 Å². The largest absolute Gasteiger partial charge is 0.305 e. The van der Waals surface area contributed by atoms with Gasteiger partial charge in [0.1, 0.15) is 0 Å². The first kappa shape index (κ1) is 14.7. The first-order valence-electron chi connectivity index (χ1n) is 5.91. The third kappa shape index (κ3) is 3.34. The molecule has 2 heterocycles. The van der Waals surface area contributed by atoms with Crippen molar-refractivity contribution in [1.82, 2.24) is 24.9 Å². The number of nitrogens with zero attached hydrogens (tertiary/aromatic N) is 4. The Kier molecular flexibility index (Phi) is 5.37. The number of aryl methyl sites for hydroxylation is 3. The summed E-state index contributed by atoms with van der Waals surface area (Å²) in [5.41, 5.74) is 3.52. The molecule has 0 unspecified atom stereocenters. The Labute approximate surface area is 114 Å². The van der Waals surface area contributed by atoms with Gasteiger partial charge in [-0.3, -0.25) is 9.36 Å². The van der Waals surface area contributed by atoms with Crippen LogP contribution in [-0.2, 0) is 26.7 Å². The van der Waals surface area contributed by atoms with Crippen LogP contribution in [0.1, 0.15) is 23.9 Å².